The summed E-state index contributed by atoms with van der Waals surface area (Å²) in [6.07, 6.45) is 6.45. The quantitative estimate of drug-likeness (QED) is 0.296. The molecule has 0 bridgehead atoms. The van der Waals surface area contributed by atoms with Crippen LogP contribution in [0.4, 0.5) is 5.69 Å². The highest BCUT2D eigenvalue weighted by Gasteiger charge is 2.15. The molecule has 0 heterocycles. The van der Waals surface area contributed by atoms with Gasteiger partial charge in [-0.05, 0) is 53.6 Å². The van der Waals surface area contributed by atoms with Crippen LogP contribution in [0.1, 0.15) is 16.7 Å². The predicted octanol–water partition coefficient (Wildman–Crippen LogP) is 4.95. The summed E-state index contributed by atoms with van der Waals surface area (Å²) in [5.41, 5.74) is 2.30. The van der Waals surface area contributed by atoms with E-state index in [0.29, 0.717) is 34.1 Å². The van der Waals surface area contributed by atoms with Crippen LogP contribution in [0, 0.1) is 0 Å². The number of carbonyl (C=O) groups excluding carboxylic acids is 1. The highest BCUT2D eigenvalue weighted by Crippen LogP contribution is 2.40. The molecule has 8 heteroatoms. The number of rotatable bonds is 9. The van der Waals surface area contributed by atoms with E-state index < -0.39 is 5.91 Å². The Kier molecular flexibility index (Phi) is 8.24. The van der Waals surface area contributed by atoms with Crippen molar-refractivity contribution in [3.05, 3.63) is 71.3 Å². The van der Waals surface area contributed by atoms with E-state index in [1.807, 2.05) is 0 Å². The monoisotopic (exact) mass is 477 g/mol. The minimum absolute atomic E-state index is 0.0985. The topological polar surface area (TPSA) is 106 Å². The molecule has 0 saturated heterocycles. The van der Waals surface area contributed by atoms with E-state index in [1.54, 1.807) is 54.6 Å². The van der Waals surface area contributed by atoms with E-state index in [-0.39, 0.29) is 17.2 Å². The van der Waals surface area contributed by atoms with Crippen LogP contribution >= 0.6 is 0 Å². The normalized spacial score (nSPS) is 11.0. The summed E-state index contributed by atoms with van der Waals surface area (Å²) in [6, 6.07) is 13.2. The van der Waals surface area contributed by atoms with Gasteiger partial charge in [-0.2, -0.15) is 0 Å². The fourth-order valence-electron chi connectivity index (χ4n) is 3.41. The Morgan fingerprint density at radius 3 is 2.06 bits per heavy atom. The number of aromatic hydroxyl groups is 2. The zero-order valence-electron chi connectivity index (χ0n) is 19.9. The van der Waals surface area contributed by atoms with Crippen molar-refractivity contribution in [2.45, 2.75) is 0 Å². The largest absolute Gasteiger partial charge is 0.508 e. The predicted molar refractivity (Wildman–Crippen MR) is 135 cm³/mol. The number of hydrogen-bond donors (Lipinski definition) is 3. The van der Waals surface area contributed by atoms with Gasteiger partial charge in [-0.3, -0.25) is 4.79 Å². The van der Waals surface area contributed by atoms with Crippen molar-refractivity contribution in [3.63, 3.8) is 0 Å². The van der Waals surface area contributed by atoms with E-state index in [2.05, 4.69) is 5.32 Å². The molecule has 0 radical (unpaired) electrons. The number of phenols is 2. The summed E-state index contributed by atoms with van der Waals surface area (Å²) in [5, 5.41) is 22.6. The molecular weight excluding hydrogens is 450 g/mol. The van der Waals surface area contributed by atoms with Crippen molar-refractivity contribution in [2.75, 3.05) is 33.8 Å². The van der Waals surface area contributed by atoms with Crippen molar-refractivity contribution < 1.29 is 34.0 Å². The smallest absolute Gasteiger partial charge is 0.248 e. The number of benzene rings is 3. The number of phenolic OH excluding ortho intramolecular Hbond substituents is 2. The molecule has 0 spiro atoms. The van der Waals surface area contributed by atoms with Crippen LogP contribution in [-0.4, -0.2) is 44.6 Å². The molecule has 8 nitrogen and oxygen atoms in total. The lowest BCUT2D eigenvalue weighted by Gasteiger charge is -2.14. The molecule has 3 rings (SSSR count). The number of carbonyl (C=O) groups is 1. The zero-order chi connectivity index (χ0) is 25.4. The zero-order valence-corrected chi connectivity index (χ0v) is 19.9. The second-order valence-electron chi connectivity index (χ2n) is 7.29. The van der Waals surface area contributed by atoms with E-state index in [1.165, 1.54) is 46.6 Å². The lowest BCUT2D eigenvalue weighted by molar-refractivity contribution is -0.111. The van der Waals surface area contributed by atoms with Crippen molar-refractivity contribution in [2.24, 2.45) is 0 Å². The van der Waals surface area contributed by atoms with Crippen LogP contribution in [0.5, 0.6) is 34.5 Å². The Labute approximate surface area is 203 Å². The standard InChI is InChI=1S/C27H27NO7/c1-32-22-15-18(16-23(33-2)27(22)35-4)8-10-19-11-12-21(30)26(34-3)25(19)28-24(31)13-9-17-6-5-7-20(29)14-17/h5-16,29-30H,1-4H3,(H,28,31)/b10-8?,13-9+. The van der Waals surface area contributed by atoms with Crippen molar-refractivity contribution in [1.29, 1.82) is 0 Å². The van der Waals surface area contributed by atoms with E-state index in [4.69, 9.17) is 18.9 Å². The molecular formula is C27H27NO7. The molecule has 3 N–H and O–H groups in total. The molecule has 35 heavy (non-hydrogen) atoms. The first-order chi connectivity index (χ1) is 16.9. The Bertz CT molecular complexity index is 1240. The first-order valence-electron chi connectivity index (χ1n) is 10.6. The van der Waals surface area contributed by atoms with Crippen LogP contribution in [-0.2, 0) is 4.79 Å². The fourth-order valence-corrected chi connectivity index (χ4v) is 3.41. The van der Waals surface area contributed by atoms with Gasteiger partial charge in [0.2, 0.25) is 11.7 Å². The Morgan fingerprint density at radius 2 is 1.46 bits per heavy atom. The maximum atomic E-state index is 12.6. The van der Waals surface area contributed by atoms with E-state index in [0.717, 1.165) is 5.56 Å². The average Bonchev–Trinajstić information content (AvgIpc) is 2.86. The summed E-state index contributed by atoms with van der Waals surface area (Å²) >= 11 is 0. The number of hydrogen-bond acceptors (Lipinski definition) is 7. The second kappa shape index (κ2) is 11.5. The molecule has 182 valence electrons. The summed E-state index contributed by atoms with van der Waals surface area (Å²) in [7, 11) is 6.00. The number of methoxy groups -OCH3 is 4. The Balaban J connectivity index is 1.94. The van der Waals surface area contributed by atoms with Gasteiger partial charge in [0.15, 0.2) is 23.0 Å². The molecule has 0 unspecified atom stereocenters. The maximum Gasteiger partial charge on any atom is 0.248 e. The van der Waals surface area contributed by atoms with Crippen molar-refractivity contribution >= 4 is 29.8 Å². The minimum atomic E-state index is -0.445. The molecule has 0 aromatic heterocycles. The molecule has 0 saturated carbocycles. The van der Waals surface area contributed by atoms with Gasteiger partial charge in [-0.25, -0.2) is 0 Å². The van der Waals surface area contributed by atoms with Crippen LogP contribution in [0.15, 0.2) is 54.6 Å². The van der Waals surface area contributed by atoms with Crippen LogP contribution in [0.3, 0.4) is 0 Å². The summed E-state index contributed by atoms with van der Waals surface area (Å²) in [4.78, 5) is 12.6. The van der Waals surface area contributed by atoms with Gasteiger partial charge in [0.25, 0.3) is 0 Å². The molecule has 1 amide bonds. The van der Waals surface area contributed by atoms with Gasteiger partial charge in [-0.1, -0.05) is 24.3 Å². The van der Waals surface area contributed by atoms with Crippen molar-refractivity contribution in [3.8, 4) is 34.5 Å². The average molecular weight is 478 g/mol. The van der Waals surface area contributed by atoms with Gasteiger partial charge in [-0.15, -0.1) is 0 Å². The van der Waals surface area contributed by atoms with Crippen LogP contribution in [0.25, 0.3) is 18.2 Å². The minimum Gasteiger partial charge on any atom is -0.508 e. The summed E-state index contributed by atoms with van der Waals surface area (Å²) < 4.78 is 21.5. The number of nitrogens with one attached hydrogen (secondary N) is 1. The highest BCUT2D eigenvalue weighted by atomic mass is 16.5. The fraction of sp³-hybridized carbons (Fsp3) is 0.148. The highest BCUT2D eigenvalue weighted by molar-refractivity contribution is 6.04. The maximum absolute atomic E-state index is 12.6. The lowest BCUT2D eigenvalue weighted by Crippen LogP contribution is -2.10. The second-order valence-corrected chi connectivity index (χ2v) is 7.29. The summed E-state index contributed by atoms with van der Waals surface area (Å²) in [5.74, 6) is 1.13. The molecule has 0 aliphatic carbocycles. The molecule has 0 aliphatic heterocycles. The molecule has 3 aromatic carbocycles. The third-order valence-electron chi connectivity index (χ3n) is 5.06. The Morgan fingerprint density at radius 1 is 0.771 bits per heavy atom. The SMILES string of the molecule is COc1cc(C=Cc2ccc(O)c(OC)c2NC(=O)/C=C/c2cccc(O)c2)cc(OC)c1OC. The third-order valence-corrected chi connectivity index (χ3v) is 5.06. The van der Waals surface area contributed by atoms with E-state index in [9.17, 15) is 15.0 Å². The van der Waals surface area contributed by atoms with Gasteiger partial charge in [0.1, 0.15) is 5.75 Å². The van der Waals surface area contributed by atoms with Gasteiger partial charge in [0, 0.05) is 11.6 Å². The number of ether oxygens (including phenoxy) is 4. The van der Waals surface area contributed by atoms with Gasteiger partial charge < -0.3 is 34.5 Å². The molecule has 3 aromatic rings. The van der Waals surface area contributed by atoms with Gasteiger partial charge >= 0.3 is 0 Å². The third kappa shape index (κ3) is 6.05. The molecule has 0 atom stereocenters. The summed E-state index contributed by atoms with van der Waals surface area (Å²) in [6.45, 7) is 0. The molecule has 0 fully saturated rings. The molecule has 0 aliphatic rings. The first kappa shape index (κ1) is 25.0. The number of anilines is 1. The van der Waals surface area contributed by atoms with Gasteiger partial charge in [0.05, 0.1) is 34.1 Å². The van der Waals surface area contributed by atoms with Crippen molar-refractivity contribution in [1.82, 2.24) is 0 Å². The van der Waals surface area contributed by atoms with Crippen LogP contribution in [0.2, 0.25) is 0 Å². The number of amides is 1. The van der Waals surface area contributed by atoms with Crippen LogP contribution < -0.4 is 24.3 Å². The Hall–Kier alpha value is -4.59. The first-order valence-corrected chi connectivity index (χ1v) is 10.6. The van der Waals surface area contributed by atoms with E-state index >= 15 is 0 Å². The lowest BCUT2D eigenvalue weighted by atomic mass is 10.1.